The van der Waals surface area contributed by atoms with E-state index >= 15 is 0 Å². The molecule has 0 aromatic heterocycles. The zero-order valence-corrected chi connectivity index (χ0v) is 21.6. The van der Waals surface area contributed by atoms with Crippen molar-refractivity contribution < 1.29 is 24.0 Å². The van der Waals surface area contributed by atoms with Crippen molar-refractivity contribution >= 4 is 69.5 Å². The Morgan fingerprint density at radius 3 is 2.56 bits per heavy atom. The number of hydrogen-bond acceptors (Lipinski definition) is 6. The summed E-state index contributed by atoms with van der Waals surface area (Å²) in [4.78, 5) is 49.3. The number of imide groups is 2. The highest BCUT2D eigenvalue weighted by atomic mass is 127. The number of hydrogen-bond donors (Lipinski definition) is 1. The fourth-order valence-electron chi connectivity index (χ4n) is 3.70. The summed E-state index contributed by atoms with van der Waals surface area (Å²) >= 11 is 8.45. The lowest BCUT2D eigenvalue weighted by molar-refractivity contribution is -0.384. The molecule has 3 aromatic carbocycles. The van der Waals surface area contributed by atoms with E-state index in [0.717, 1.165) is 20.8 Å². The Morgan fingerprint density at radius 1 is 1.11 bits per heavy atom. The minimum atomic E-state index is -0.995. The minimum absolute atomic E-state index is 0.0349. The second-order valence-corrected chi connectivity index (χ2v) is 9.26. The molecule has 9 nitrogen and oxygen atoms in total. The average Bonchev–Trinajstić information content (AvgIpc) is 2.84. The smallest absolute Gasteiger partial charge is 0.335 e. The van der Waals surface area contributed by atoms with Crippen LogP contribution in [0.4, 0.5) is 16.2 Å². The van der Waals surface area contributed by atoms with E-state index in [0.29, 0.717) is 27.7 Å². The molecule has 0 atom stereocenters. The zero-order valence-electron chi connectivity index (χ0n) is 18.7. The molecular weight excluding hydrogens is 601 g/mol. The highest BCUT2D eigenvalue weighted by Crippen LogP contribution is 2.32. The van der Waals surface area contributed by atoms with Gasteiger partial charge < -0.3 is 4.74 Å². The second kappa shape index (κ2) is 10.5. The molecular formula is C25H17ClIN3O6. The van der Waals surface area contributed by atoms with E-state index in [9.17, 15) is 24.5 Å². The van der Waals surface area contributed by atoms with Crippen molar-refractivity contribution in [2.24, 2.45) is 0 Å². The van der Waals surface area contributed by atoms with Crippen molar-refractivity contribution in [3.8, 4) is 5.75 Å². The van der Waals surface area contributed by atoms with E-state index in [1.165, 1.54) is 31.4 Å². The summed E-state index contributed by atoms with van der Waals surface area (Å²) in [5, 5.41) is 13.9. The zero-order chi connectivity index (χ0) is 26.0. The first-order chi connectivity index (χ1) is 17.2. The number of rotatable bonds is 6. The van der Waals surface area contributed by atoms with Gasteiger partial charge >= 0.3 is 6.03 Å². The summed E-state index contributed by atoms with van der Waals surface area (Å²) in [6, 6.07) is 14.9. The van der Waals surface area contributed by atoms with Crippen molar-refractivity contribution in [2.75, 3.05) is 12.0 Å². The van der Waals surface area contributed by atoms with Crippen LogP contribution < -0.4 is 15.0 Å². The predicted octanol–water partition coefficient (Wildman–Crippen LogP) is 5.12. The van der Waals surface area contributed by atoms with Gasteiger partial charge in [-0.2, -0.15) is 0 Å². The van der Waals surface area contributed by atoms with Crippen LogP contribution in [-0.2, 0) is 16.0 Å². The molecule has 11 heteroatoms. The third-order valence-electron chi connectivity index (χ3n) is 5.43. The van der Waals surface area contributed by atoms with Crippen LogP contribution in [0.5, 0.6) is 5.75 Å². The lowest BCUT2D eigenvalue weighted by atomic mass is 10.0. The number of urea groups is 1. The number of barbiturate groups is 1. The number of nitrogens with zero attached hydrogens (tertiary/aromatic N) is 2. The number of amides is 4. The number of methoxy groups -OCH3 is 1. The van der Waals surface area contributed by atoms with Crippen molar-refractivity contribution in [3.63, 3.8) is 0 Å². The molecule has 182 valence electrons. The maximum absolute atomic E-state index is 13.2. The number of nitro benzene ring substituents is 1. The van der Waals surface area contributed by atoms with Crippen LogP contribution in [0.15, 0.2) is 66.2 Å². The van der Waals surface area contributed by atoms with Crippen LogP contribution in [0.1, 0.15) is 16.7 Å². The van der Waals surface area contributed by atoms with E-state index < -0.39 is 22.8 Å². The Balaban J connectivity index is 1.72. The van der Waals surface area contributed by atoms with Crippen molar-refractivity contribution in [1.82, 2.24) is 5.32 Å². The molecule has 1 heterocycles. The van der Waals surface area contributed by atoms with E-state index in [2.05, 4.69) is 27.9 Å². The van der Waals surface area contributed by atoms with Crippen LogP contribution in [0.2, 0.25) is 5.02 Å². The normalized spacial score (nSPS) is 14.7. The quantitative estimate of drug-likeness (QED) is 0.135. The van der Waals surface area contributed by atoms with Crippen LogP contribution in [-0.4, -0.2) is 29.9 Å². The largest absolute Gasteiger partial charge is 0.496 e. The van der Waals surface area contributed by atoms with Gasteiger partial charge in [0.25, 0.3) is 17.5 Å². The molecule has 0 bridgehead atoms. The monoisotopic (exact) mass is 617 g/mol. The van der Waals surface area contributed by atoms with E-state index in [-0.39, 0.29) is 16.9 Å². The van der Waals surface area contributed by atoms with Gasteiger partial charge in [0, 0.05) is 32.7 Å². The van der Waals surface area contributed by atoms with E-state index in [1.807, 2.05) is 18.2 Å². The first-order valence-electron chi connectivity index (χ1n) is 10.5. The molecule has 4 amide bonds. The van der Waals surface area contributed by atoms with Gasteiger partial charge in [0.15, 0.2) is 0 Å². The summed E-state index contributed by atoms with van der Waals surface area (Å²) in [5.41, 5.74) is 1.63. The number of halogens is 2. The number of non-ortho nitro benzene ring substituents is 1. The number of carbonyl (C=O) groups is 3. The predicted molar refractivity (Wildman–Crippen MR) is 142 cm³/mol. The van der Waals surface area contributed by atoms with Gasteiger partial charge in [-0.1, -0.05) is 35.9 Å². The van der Waals surface area contributed by atoms with E-state index in [1.54, 1.807) is 18.2 Å². The van der Waals surface area contributed by atoms with Gasteiger partial charge in [-0.25, -0.2) is 9.69 Å². The van der Waals surface area contributed by atoms with Crippen molar-refractivity contribution in [2.45, 2.75) is 6.42 Å². The third-order valence-corrected chi connectivity index (χ3v) is 6.76. The van der Waals surface area contributed by atoms with Gasteiger partial charge in [0.1, 0.15) is 11.3 Å². The number of anilines is 1. The average molecular weight is 618 g/mol. The molecule has 0 unspecified atom stereocenters. The highest BCUT2D eigenvalue weighted by Gasteiger charge is 2.37. The Hall–Kier alpha value is -3.77. The molecule has 36 heavy (non-hydrogen) atoms. The third kappa shape index (κ3) is 5.09. The molecule has 1 N–H and O–H groups in total. The number of benzene rings is 3. The molecule has 0 saturated carbocycles. The first-order valence-corrected chi connectivity index (χ1v) is 11.9. The van der Waals surface area contributed by atoms with Crippen LogP contribution in [0.3, 0.4) is 0 Å². The van der Waals surface area contributed by atoms with Gasteiger partial charge in [-0.15, -0.1) is 0 Å². The fourth-order valence-corrected chi connectivity index (χ4v) is 4.72. The molecule has 1 saturated heterocycles. The molecule has 0 spiro atoms. The summed E-state index contributed by atoms with van der Waals surface area (Å²) < 4.78 is 6.39. The minimum Gasteiger partial charge on any atom is -0.496 e. The Morgan fingerprint density at radius 2 is 1.86 bits per heavy atom. The summed E-state index contributed by atoms with van der Waals surface area (Å²) in [5.74, 6) is -1.25. The lowest BCUT2D eigenvalue weighted by Crippen LogP contribution is -2.54. The van der Waals surface area contributed by atoms with Gasteiger partial charge in [-0.05, 0) is 64.1 Å². The highest BCUT2D eigenvalue weighted by molar-refractivity contribution is 14.1. The SMILES string of the molecule is COc1cc(/C=C2\C(=O)NC(=O)N(c3cccc([N+](=O)[O-])c3)C2=O)cc(I)c1Cc1ccccc1Cl. The molecule has 0 radical (unpaired) electrons. The maximum atomic E-state index is 13.2. The topological polar surface area (TPSA) is 119 Å². The molecule has 1 fully saturated rings. The van der Waals surface area contributed by atoms with Crippen molar-refractivity contribution in [3.05, 3.63) is 102 Å². The van der Waals surface area contributed by atoms with Gasteiger partial charge in [-0.3, -0.25) is 25.0 Å². The van der Waals surface area contributed by atoms with Gasteiger partial charge in [0.2, 0.25) is 0 Å². The number of carbonyl (C=O) groups excluding carboxylic acids is 3. The molecule has 1 aliphatic heterocycles. The molecule has 3 aromatic rings. The van der Waals surface area contributed by atoms with Crippen LogP contribution >= 0.6 is 34.2 Å². The fraction of sp³-hybridized carbons (Fsp3) is 0.0800. The van der Waals surface area contributed by atoms with Crippen molar-refractivity contribution in [1.29, 1.82) is 0 Å². The van der Waals surface area contributed by atoms with Crippen LogP contribution in [0, 0.1) is 13.7 Å². The Kier molecular flexibility index (Phi) is 7.36. The van der Waals surface area contributed by atoms with Gasteiger partial charge in [0.05, 0.1) is 17.7 Å². The number of nitrogens with one attached hydrogen (secondary N) is 1. The summed E-state index contributed by atoms with van der Waals surface area (Å²) in [7, 11) is 1.51. The molecule has 4 rings (SSSR count). The second-order valence-electron chi connectivity index (χ2n) is 7.69. The summed E-state index contributed by atoms with van der Waals surface area (Å²) in [6.07, 6.45) is 1.85. The number of nitro groups is 1. The summed E-state index contributed by atoms with van der Waals surface area (Å²) in [6.45, 7) is 0. The Labute approximate surface area is 224 Å². The molecule has 1 aliphatic rings. The lowest BCUT2D eigenvalue weighted by Gasteiger charge is -2.26. The standard InChI is InChI=1S/C25H17ClIN3O6/c1-36-22-11-14(10-21(27)18(22)12-15-5-2-3-8-20(15)26)9-19-23(31)28-25(33)29(24(19)32)16-6-4-7-17(13-16)30(34)35/h2-11,13H,12H2,1H3,(H,28,31,33)/b19-9+. The Bertz CT molecular complexity index is 1460. The van der Waals surface area contributed by atoms with Crippen LogP contribution in [0.25, 0.3) is 6.08 Å². The molecule has 0 aliphatic carbocycles. The maximum Gasteiger partial charge on any atom is 0.335 e. The number of ether oxygens (including phenoxy) is 1. The first kappa shape index (κ1) is 25.3. The van der Waals surface area contributed by atoms with E-state index in [4.69, 9.17) is 16.3 Å².